The molecule has 128 valence electrons. The highest BCUT2D eigenvalue weighted by Gasteiger charge is 2.25. The molecule has 25 heavy (non-hydrogen) atoms. The predicted octanol–water partition coefficient (Wildman–Crippen LogP) is 4.85. The van der Waals surface area contributed by atoms with Gasteiger partial charge in [-0.1, -0.05) is 0 Å². The van der Waals surface area contributed by atoms with Gasteiger partial charge in [0.2, 0.25) is 5.95 Å². The Bertz CT molecular complexity index is 904. The number of fused-ring (bicyclic) bond motifs is 1. The largest absolute Gasteiger partial charge is 0.346 e. The average Bonchev–Trinajstić information content (AvgIpc) is 3.04. The number of anilines is 1. The molecule has 1 atom stereocenters. The molecule has 1 aliphatic rings. The maximum Gasteiger partial charge on any atom is 0.223 e. The quantitative estimate of drug-likeness (QED) is 0.731. The third-order valence-corrected chi connectivity index (χ3v) is 5.75. The normalized spacial score (nSPS) is 16.5. The van der Waals surface area contributed by atoms with Gasteiger partial charge in [-0.05, 0) is 62.9 Å². The molecule has 1 N–H and O–H groups in total. The lowest BCUT2D eigenvalue weighted by atomic mass is 9.98. The summed E-state index contributed by atoms with van der Waals surface area (Å²) in [4.78, 5) is 15.1. The molecule has 4 nitrogen and oxygen atoms in total. The van der Waals surface area contributed by atoms with E-state index in [9.17, 15) is 4.39 Å². The summed E-state index contributed by atoms with van der Waals surface area (Å²) >= 11 is 1.70. The van der Waals surface area contributed by atoms with Gasteiger partial charge in [0.25, 0.3) is 0 Å². The molecule has 0 aliphatic heterocycles. The van der Waals surface area contributed by atoms with Gasteiger partial charge in [0.15, 0.2) is 0 Å². The molecule has 4 rings (SSSR count). The molecule has 0 saturated heterocycles. The maximum atomic E-state index is 13.2. The van der Waals surface area contributed by atoms with Gasteiger partial charge in [-0.3, -0.25) is 0 Å². The highest BCUT2D eigenvalue weighted by molar-refractivity contribution is 7.15. The van der Waals surface area contributed by atoms with Gasteiger partial charge in [0.1, 0.15) is 10.8 Å². The monoisotopic (exact) mass is 354 g/mol. The third-order valence-electron chi connectivity index (χ3n) is 4.57. The fourth-order valence-corrected chi connectivity index (χ4v) is 4.20. The van der Waals surface area contributed by atoms with Crippen molar-refractivity contribution in [3.8, 4) is 10.6 Å². The topological polar surface area (TPSA) is 50.7 Å². The molecule has 0 bridgehead atoms. The van der Waals surface area contributed by atoms with Gasteiger partial charge in [-0.25, -0.2) is 19.3 Å². The lowest BCUT2D eigenvalue weighted by Crippen LogP contribution is -2.18. The van der Waals surface area contributed by atoms with Crippen molar-refractivity contribution in [2.24, 2.45) is 0 Å². The molecular weight excluding hydrogens is 335 g/mol. The van der Waals surface area contributed by atoms with Crippen LogP contribution in [0.1, 0.15) is 40.7 Å². The molecule has 0 saturated carbocycles. The van der Waals surface area contributed by atoms with Gasteiger partial charge in [0, 0.05) is 22.3 Å². The van der Waals surface area contributed by atoms with Crippen LogP contribution in [0.3, 0.4) is 0 Å². The van der Waals surface area contributed by atoms with Crippen LogP contribution < -0.4 is 5.32 Å². The summed E-state index contributed by atoms with van der Waals surface area (Å²) in [5.74, 6) is 0.425. The van der Waals surface area contributed by atoms with Crippen LogP contribution in [0, 0.1) is 19.7 Å². The number of rotatable bonds is 3. The van der Waals surface area contributed by atoms with Crippen LogP contribution in [0.15, 0.2) is 30.5 Å². The minimum atomic E-state index is -0.225. The smallest absolute Gasteiger partial charge is 0.223 e. The first-order valence-electron chi connectivity index (χ1n) is 8.42. The number of benzene rings is 1. The molecule has 0 fully saturated rings. The molecule has 0 amide bonds. The second kappa shape index (κ2) is 6.52. The van der Waals surface area contributed by atoms with Crippen molar-refractivity contribution < 1.29 is 4.39 Å². The van der Waals surface area contributed by atoms with Crippen molar-refractivity contribution in [3.63, 3.8) is 0 Å². The zero-order valence-corrected chi connectivity index (χ0v) is 15.0. The lowest BCUT2D eigenvalue weighted by Gasteiger charge is -2.22. The summed E-state index contributed by atoms with van der Waals surface area (Å²) in [6.45, 7) is 4.00. The van der Waals surface area contributed by atoms with E-state index in [1.54, 1.807) is 23.5 Å². The first kappa shape index (κ1) is 16.1. The van der Waals surface area contributed by atoms with Crippen molar-refractivity contribution in [3.05, 3.63) is 58.1 Å². The lowest BCUT2D eigenvalue weighted by molar-refractivity contribution is 0.590. The van der Waals surface area contributed by atoms with Crippen LogP contribution in [0.5, 0.6) is 0 Å². The number of hydrogen-bond donors (Lipinski definition) is 1. The summed E-state index contributed by atoms with van der Waals surface area (Å²) in [7, 11) is 0. The summed E-state index contributed by atoms with van der Waals surface area (Å²) in [6, 6.07) is 6.66. The number of aromatic nitrogens is 3. The van der Waals surface area contributed by atoms with E-state index < -0.39 is 0 Å². The second-order valence-corrected chi connectivity index (χ2v) is 7.47. The summed E-state index contributed by atoms with van der Waals surface area (Å²) in [6.07, 6.45) is 5.01. The Balaban J connectivity index is 1.63. The zero-order valence-electron chi connectivity index (χ0n) is 14.2. The molecule has 2 heterocycles. The first-order chi connectivity index (χ1) is 12.1. The van der Waals surface area contributed by atoms with E-state index in [0.717, 1.165) is 46.8 Å². The Morgan fingerprint density at radius 2 is 1.96 bits per heavy atom. The molecule has 3 aromatic rings. The Hall–Kier alpha value is -2.34. The van der Waals surface area contributed by atoms with Gasteiger partial charge in [-0.15, -0.1) is 11.3 Å². The molecule has 0 spiro atoms. The first-order valence-corrected chi connectivity index (χ1v) is 9.24. The number of nitrogens with one attached hydrogen (secondary N) is 1. The predicted molar refractivity (Wildman–Crippen MR) is 98.3 cm³/mol. The van der Waals surface area contributed by atoms with Gasteiger partial charge in [-0.2, -0.15) is 0 Å². The minimum Gasteiger partial charge on any atom is -0.346 e. The van der Waals surface area contributed by atoms with Crippen LogP contribution in [0.4, 0.5) is 10.3 Å². The van der Waals surface area contributed by atoms with Crippen LogP contribution in [0.2, 0.25) is 0 Å². The number of halogens is 1. The Labute approximate surface area is 150 Å². The highest BCUT2D eigenvalue weighted by atomic mass is 32.1. The van der Waals surface area contributed by atoms with E-state index in [2.05, 4.69) is 15.3 Å². The van der Waals surface area contributed by atoms with E-state index >= 15 is 0 Å². The Morgan fingerprint density at radius 1 is 1.16 bits per heavy atom. The molecule has 0 radical (unpaired) electrons. The van der Waals surface area contributed by atoms with Crippen molar-refractivity contribution in [1.29, 1.82) is 0 Å². The van der Waals surface area contributed by atoms with Crippen LogP contribution >= 0.6 is 11.3 Å². The van der Waals surface area contributed by atoms with Crippen molar-refractivity contribution in [1.82, 2.24) is 15.0 Å². The van der Waals surface area contributed by atoms with Crippen LogP contribution in [-0.4, -0.2) is 15.0 Å². The van der Waals surface area contributed by atoms with E-state index in [4.69, 9.17) is 4.98 Å². The molecule has 1 unspecified atom stereocenters. The summed E-state index contributed by atoms with van der Waals surface area (Å²) in [5.41, 5.74) is 4.11. The van der Waals surface area contributed by atoms with Crippen molar-refractivity contribution in [2.45, 2.75) is 39.2 Å². The molecule has 2 aromatic heterocycles. The summed E-state index contributed by atoms with van der Waals surface area (Å²) < 4.78 is 13.2. The molecule has 1 aliphatic carbocycles. The van der Waals surface area contributed by atoms with E-state index in [0.29, 0.717) is 5.95 Å². The average molecular weight is 354 g/mol. The Morgan fingerprint density at radius 3 is 2.72 bits per heavy atom. The van der Waals surface area contributed by atoms with Crippen molar-refractivity contribution in [2.75, 3.05) is 5.32 Å². The van der Waals surface area contributed by atoms with E-state index in [-0.39, 0.29) is 11.9 Å². The molecule has 1 aromatic carbocycles. The number of nitrogens with zero attached hydrogens (tertiary/aromatic N) is 3. The highest BCUT2D eigenvalue weighted by Crippen LogP contribution is 2.38. The van der Waals surface area contributed by atoms with Crippen molar-refractivity contribution >= 4 is 17.3 Å². The number of hydrogen-bond acceptors (Lipinski definition) is 5. The fraction of sp³-hybridized carbons (Fsp3) is 0.316. The molecule has 6 heteroatoms. The van der Waals surface area contributed by atoms with Crippen LogP contribution in [0.25, 0.3) is 10.6 Å². The molecular formula is C19H19FN4S. The van der Waals surface area contributed by atoms with Gasteiger partial charge < -0.3 is 5.32 Å². The van der Waals surface area contributed by atoms with E-state index in [1.165, 1.54) is 17.0 Å². The van der Waals surface area contributed by atoms with E-state index in [1.807, 2.05) is 20.0 Å². The third kappa shape index (κ3) is 3.26. The van der Waals surface area contributed by atoms with Gasteiger partial charge >= 0.3 is 0 Å². The SMILES string of the molecule is Cc1cnc(NC2CCCc3sc(-c4ccc(F)cc4)nc32)nc1C. The second-order valence-electron chi connectivity index (χ2n) is 6.39. The number of aryl methyl sites for hydroxylation is 3. The fourth-order valence-electron chi connectivity index (χ4n) is 3.03. The standard InChI is InChI=1S/C19H19FN4S/c1-11-10-21-19(22-12(11)2)23-15-4-3-5-16-17(15)24-18(25-16)13-6-8-14(20)9-7-13/h6-10,15H,3-5H2,1-2H3,(H,21,22,23). The van der Waals surface area contributed by atoms with Gasteiger partial charge in [0.05, 0.1) is 11.7 Å². The van der Waals surface area contributed by atoms with Crippen LogP contribution in [-0.2, 0) is 6.42 Å². The zero-order chi connectivity index (χ0) is 17.4. The summed E-state index contributed by atoms with van der Waals surface area (Å²) in [5, 5.41) is 4.39. The minimum absolute atomic E-state index is 0.122. The Kier molecular flexibility index (Phi) is 4.21. The number of thiazole rings is 1. The maximum absolute atomic E-state index is 13.2.